The molecule has 3 heterocycles. The summed E-state index contributed by atoms with van der Waals surface area (Å²) in [4.78, 5) is 20.1. The average Bonchev–Trinajstić information content (AvgIpc) is 2.84. The third-order valence-electron chi connectivity index (χ3n) is 3.37. The van der Waals surface area contributed by atoms with Crippen molar-refractivity contribution < 1.29 is 0 Å². The standard InChI is InChI=1S/C14H17N3OS/c18-13-6-7-15-14-17(13)11-12(19-14)5-4-10-16-8-2-1-3-9-16/h4,6-7,10-11H,1-3,5,8-9H2. The third-order valence-corrected chi connectivity index (χ3v) is 4.39. The lowest BCUT2D eigenvalue weighted by Gasteiger charge is -2.24. The molecule has 2 aromatic heterocycles. The van der Waals surface area contributed by atoms with Gasteiger partial charge in [-0.3, -0.25) is 9.20 Å². The Hall–Kier alpha value is -1.62. The van der Waals surface area contributed by atoms with Crippen LogP contribution in [-0.4, -0.2) is 27.4 Å². The number of hydrogen-bond acceptors (Lipinski definition) is 4. The topological polar surface area (TPSA) is 37.6 Å². The summed E-state index contributed by atoms with van der Waals surface area (Å²) in [5, 5.41) is 0. The van der Waals surface area contributed by atoms with E-state index in [4.69, 9.17) is 0 Å². The van der Waals surface area contributed by atoms with Crippen LogP contribution in [0.15, 0.2) is 35.5 Å². The maximum atomic E-state index is 11.6. The van der Waals surface area contributed by atoms with Crippen LogP contribution in [0.1, 0.15) is 24.1 Å². The molecular weight excluding hydrogens is 258 g/mol. The Morgan fingerprint density at radius 3 is 2.95 bits per heavy atom. The van der Waals surface area contributed by atoms with Crippen LogP contribution in [-0.2, 0) is 6.42 Å². The van der Waals surface area contributed by atoms with Crippen LogP contribution in [0, 0.1) is 0 Å². The molecule has 0 aliphatic carbocycles. The first-order valence-corrected chi connectivity index (χ1v) is 7.51. The molecule has 1 aliphatic heterocycles. The van der Waals surface area contributed by atoms with Crippen molar-refractivity contribution in [1.82, 2.24) is 14.3 Å². The van der Waals surface area contributed by atoms with Crippen molar-refractivity contribution in [2.24, 2.45) is 0 Å². The second kappa shape index (κ2) is 5.57. The molecule has 5 heteroatoms. The molecule has 2 aromatic rings. The van der Waals surface area contributed by atoms with E-state index in [0.717, 1.165) is 11.4 Å². The van der Waals surface area contributed by atoms with E-state index in [1.807, 2.05) is 6.20 Å². The summed E-state index contributed by atoms with van der Waals surface area (Å²) in [7, 11) is 0. The highest BCUT2D eigenvalue weighted by atomic mass is 32.1. The number of piperidine rings is 1. The molecule has 0 bridgehead atoms. The first-order valence-electron chi connectivity index (χ1n) is 6.70. The van der Waals surface area contributed by atoms with E-state index in [9.17, 15) is 4.79 Å². The number of thiazole rings is 1. The van der Waals surface area contributed by atoms with Crippen molar-refractivity contribution in [2.75, 3.05) is 13.1 Å². The number of rotatable bonds is 3. The lowest BCUT2D eigenvalue weighted by Crippen LogP contribution is -2.24. The second-order valence-corrected chi connectivity index (χ2v) is 5.91. The zero-order valence-electron chi connectivity index (χ0n) is 10.8. The molecule has 1 aliphatic rings. The average molecular weight is 275 g/mol. The normalized spacial score (nSPS) is 16.5. The minimum Gasteiger partial charge on any atom is -0.378 e. The molecule has 3 rings (SSSR count). The van der Waals surface area contributed by atoms with Gasteiger partial charge in [0.25, 0.3) is 5.56 Å². The molecule has 0 atom stereocenters. The van der Waals surface area contributed by atoms with Gasteiger partial charge in [-0.2, -0.15) is 0 Å². The van der Waals surface area contributed by atoms with Gasteiger partial charge in [-0.15, -0.1) is 11.3 Å². The van der Waals surface area contributed by atoms with Gasteiger partial charge in [-0.1, -0.05) is 6.08 Å². The molecule has 0 aromatic carbocycles. The summed E-state index contributed by atoms with van der Waals surface area (Å²) < 4.78 is 1.62. The van der Waals surface area contributed by atoms with Crippen molar-refractivity contribution in [2.45, 2.75) is 25.7 Å². The summed E-state index contributed by atoms with van der Waals surface area (Å²) in [6.45, 7) is 2.34. The predicted octanol–water partition coefficient (Wildman–Crippen LogP) is 2.30. The highest BCUT2D eigenvalue weighted by molar-refractivity contribution is 7.17. The van der Waals surface area contributed by atoms with Crippen LogP contribution in [0.5, 0.6) is 0 Å². The zero-order valence-corrected chi connectivity index (χ0v) is 11.6. The van der Waals surface area contributed by atoms with Crippen LogP contribution in [0.3, 0.4) is 0 Å². The molecule has 0 N–H and O–H groups in total. The van der Waals surface area contributed by atoms with Crippen molar-refractivity contribution in [3.05, 3.63) is 46.0 Å². The molecule has 0 saturated carbocycles. The Labute approximate surface area is 116 Å². The molecule has 19 heavy (non-hydrogen) atoms. The molecule has 0 unspecified atom stereocenters. The maximum absolute atomic E-state index is 11.6. The van der Waals surface area contributed by atoms with Gasteiger partial charge in [-0.05, 0) is 25.5 Å². The van der Waals surface area contributed by atoms with Gasteiger partial charge < -0.3 is 4.90 Å². The van der Waals surface area contributed by atoms with Crippen LogP contribution < -0.4 is 5.56 Å². The van der Waals surface area contributed by atoms with Crippen molar-refractivity contribution in [3.8, 4) is 0 Å². The predicted molar refractivity (Wildman–Crippen MR) is 77.6 cm³/mol. The molecular formula is C14H17N3OS. The van der Waals surface area contributed by atoms with Gasteiger partial charge >= 0.3 is 0 Å². The molecule has 0 radical (unpaired) electrons. The van der Waals surface area contributed by atoms with E-state index in [1.165, 1.54) is 43.3 Å². The molecule has 0 amide bonds. The molecule has 1 fully saturated rings. The van der Waals surface area contributed by atoms with Crippen LogP contribution in [0.4, 0.5) is 0 Å². The molecule has 100 valence electrons. The number of fused-ring (bicyclic) bond motifs is 1. The van der Waals surface area contributed by atoms with Gasteiger partial charge in [0.15, 0.2) is 4.96 Å². The van der Waals surface area contributed by atoms with Crippen molar-refractivity contribution >= 4 is 16.3 Å². The SMILES string of the molecule is O=c1ccnc2sc(CC=CN3CCCCC3)cn12. The second-order valence-electron chi connectivity index (χ2n) is 4.82. The van der Waals surface area contributed by atoms with Gasteiger partial charge in [0.05, 0.1) is 0 Å². The van der Waals surface area contributed by atoms with Crippen molar-refractivity contribution in [3.63, 3.8) is 0 Å². The number of hydrogen-bond donors (Lipinski definition) is 0. The number of aromatic nitrogens is 2. The highest BCUT2D eigenvalue weighted by Crippen LogP contribution is 2.15. The Morgan fingerprint density at radius 2 is 2.16 bits per heavy atom. The van der Waals surface area contributed by atoms with Gasteiger partial charge in [-0.25, -0.2) is 4.98 Å². The smallest absolute Gasteiger partial charge is 0.258 e. The first-order chi connectivity index (χ1) is 9.33. The van der Waals surface area contributed by atoms with E-state index in [0.29, 0.717) is 0 Å². The number of nitrogens with zero attached hydrogens (tertiary/aromatic N) is 3. The van der Waals surface area contributed by atoms with Crippen LogP contribution >= 0.6 is 11.3 Å². The van der Waals surface area contributed by atoms with E-state index < -0.39 is 0 Å². The summed E-state index contributed by atoms with van der Waals surface area (Å²) in [5.74, 6) is 0. The summed E-state index contributed by atoms with van der Waals surface area (Å²) in [5.41, 5.74) is -0.00694. The largest absolute Gasteiger partial charge is 0.378 e. The van der Waals surface area contributed by atoms with Gasteiger partial charge in [0, 0.05) is 42.8 Å². The summed E-state index contributed by atoms with van der Waals surface area (Å²) in [6, 6.07) is 1.49. The summed E-state index contributed by atoms with van der Waals surface area (Å²) in [6.07, 6.45) is 12.7. The highest BCUT2D eigenvalue weighted by Gasteiger charge is 2.05. The lowest BCUT2D eigenvalue weighted by molar-refractivity contribution is 0.309. The summed E-state index contributed by atoms with van der Waals surface area (Å²) >= 11 is 1.58. The fraction of sp³-hybridized carbons (Fsp3) is 0.429. The molecule has 0 spiro atoms. The van der Waals surface area contributed by atoms with E-state index in [-0.39, 0.29) is 5.56 Å². The minimum atomic E-state index is -0.00694. The minimum absolute atomic E-state index is 0.00694. The fourth-order valence-corrected chi connectivity index (χ4v) is 3.29. The van der Waals surface area contributed by atoms with Crippen LogP contribution in [0.25, 0.3) is 4.96 Å². The number of likely N-dealkylation sites (tertiary alicyclic amines) is 1. The van der Waals surface area contributed by atoms with E-state index >= 15 is 0 Å². The molecule has 4 nitrogen and oxygen atoms in total. The Balaban J connectivity index is 1.69. The van der Waals surface area contributed by atoms with Gasteiger partial charge in [0.2, 0.25) is 0 Å². The Kier molecular flexibility index (Phi) is 3.64. The third kappa shape index (κ3) is 2.87. The first kappa shape index (κ1) is 12.4. The molecule has 1 saturated heterocycles. The maximum Gasteiger partial charge on any atom is 0.258 e. The van der Waals surface area contributed by atoms with E-state index in [2.05, 4.69) is 22.2 Å². The Bertz CT molecular complexity index is 637. The van der Waals surface area contributed by atoms with Crippen molar-refractivity contribution in [1.29, 1.82) is 0 Å². The van der Waals surface area contributed by atoms with Gasteiger partial charge in [0.1, 0.15) is 0 Å². The number of allylic oxidation sites excluding steroid dienone is 1. The monoisotopic (exact) mass is 275 g/mol. The van der Waals surface area contributed by atoms with Crippen LogP contribution in [0.2, 0.25) is 0 Å². The Morgan fingerprint density at radius 1 is 1.32 bits per heavy atom. The zero-order chi connectivity index (χ0) is 13.1. The fourth-order valence-electron chi connectivity index (χ4n) is 2.36. The lowest BCUT2D eigenvalue weighted by atomic mass is 10.1. The van der Waals surface area contributed by atoms with E-state index in [1.54, 1.807) is 21.9 Å². The quantitative estimate of drug-likeness (QED) is 0.862.